The average molecular weight is 514 g/mol. The number of allylic oxidation sites excluding steroid dienone is 2. The topological polar surface area (TPSA) is 91.2 Å². The van der Waals surface area contributed by atoms with Crippen molar-refractivity contribution in [3.05, 3.63) is 30.4 Å². The number of ether oxygens (including phenoxy) is 1. The molecular weight excluding hydrogens is 463 g/mol. The maximum atomic E-state index is 12.2. The summed E-state index contributed by atoms with van der Waals surface area (Å²) in [5, 5.41) is 0. The summed E-state index contributed by atoms with van der Waals surface area (Å²) < 4.78 is 7.48. The van der Waals surface area contributed by atoms with E-state index in [1.807, 2.05) is 18.5 Å². The zero-order chi connectivity index (χ0) is 24.9. The van der Waals surface area contributed by atoms with E-state index in [0.717, 1.165) is 18.5 Å². The third-order valence-electron chi connectivity index (χ3n) is 6.65. The van der Waals surface area contributed by atoms with Crippen molar-refractivity contribution in [2.45, 2.75) is 117 Å². The van der Waals surface area contributed by atoms with Crippen molar-refractivity contribution < 1.29 is 49.4 Å². The molecule has 7 heteroatoms. The molecule has 1 heterocycles. The molecule has 0 unspecified atom stereocenters. The molecule has 1 rings (SSSR count). The predicted molar refractivity (Wildman–Crippen MR) is 142 cm³/mol. The molecule has 0 amide bonds. The van der Waals surface area contributed by atoms with Crippen molar-refractivity contribution in [2.24, 2.45) is 18.9 Å². The number of imidazole rings is 1. The fourth-order valence-corrected chi connectivity index (χ4v) is 4.29. The Morgan fingerprint density at radius 1 is 1.00 bits per heavy atom. The zero-order valence-corrected chi connectivity index (χ0v) is 25.6. The van der Waals surface area contributed by atoms with E-state index < -0.39 is 0 Å². The van der Waals surface area contributed by atoms with Crippen LogP contribution in [0.1, 0.15) is 116 Å². The monoisotopic (exact) mass is 513 g/mol. The van der Waals surface area contributed by atoms with Gasteiger partial charge in [0.1, 0.15) is 0 Å². The molecule has 0 saturated heterocycles. The summed E-state index contributed by atoms with van der Waals surface area (Å²) in [5.41, 5.74) is 1.03. The molecule has 0 aromatic carbocycles. The molecular formula is C29H50N2NaO4-. The van der Waals surface area contributed by atoms with Crippen LogP contribution < -0.4 is 29.6 Å². The van der Waals surface area contributed by atoms with Crippen LogP contribution >= 0.6 is 0 Å². The maximum absolute atomic E-state index is 12.2. The first-order chi connectivity index (χ1) is 16.6. The number of hydrogen-bond donors (Lipinski definition) is 0. The number of aromatic nitrogens is 2. The summed E-state index contributed by atoms with van der Waals surface area (Å²) in [6.45, 7) is 4.50. The largest absolute Gasteiger partial charge is 1.00 e. The van der Waals surface area contributed by atoms with Crippen molar-refractivity contribution >= 4 is 12.3 Å². The third-order valence-corrected chi connectivity index (χ3v) is 6.65. The van der Waals surface area contributed by atoms with E-state index in [1.54, 1.807) is 12.5 Å². The minimum Gasteiger partial charge on any atom is -0.870 e. The van der Waals surface area contributed by atoms with Crippen LogP contribution in [0.4, 0.5) is 0 Å². The summed E-state index contributed by atoms with van der Waals surface area (Å²) in [7, 11) is 1.93. The van der Waals surface area contributed by atoms with Gasteiger partial charge in [-0.05, 0) is 44.4 Å². The quantitative estimate of drug-likeness (QED) is 0.0765. The summed E-state index contributed by atoms with van der Waals surface area (Å²) in [4.78, 5) is 27.7. The number of carbonyl (C=O) groups is 1. The minimum absolute atomic E-state index is 0. The predicted octanol–water partition coefficient (Wildman–Crippen LogP) is 4.12. The maximum Gasteiger partial charge on any atom is 1.00 e. The molecule has 0 fully saturated rings. The van der Waals surface area contributed by atoms with Crippen molar-refractivity contribution in [1.29, 1.82) is 0 Å². The van der Waals surface area contributed by atoms with Gasteiger partial charge < -0.3 is 19.6 Å². The second-order valence-electron chi connectivity index (χ2n) is 9.61. The molecule has 0 aliphatic heterocycles. The number of rotatable bonds is 22. The third kappa shape index (κ3) is 18.3. The number of nitrogens with zero attached hydrogens (tertiary/aromatic N) is 2. The fourth-order valence-electron chi connectivity index (χ4n) is 4.29. The van der Waals surface area contributed by atoms with Crippen LogP contribution in [-0.4, -0.2) is 33.9 Å². The van der Waals surface area contributed by atoms with Crippen LogP contribution in [0, 0.1) is 11.8 Å². The van der Waals surface area contributed by atoms with E-state index in [0.29, 0.717) is 19.3 Å². The molecule has 0 radical (unpaired) electrons. The number of unbranched alkanes of at least 4 members (excludes halogenated alkanes) is 11. The second-order valence-corrected chi connectivity index (χ2v) is 9.61. The molecule has 1 aromatic heterocycles. The van der Waals surface area contributed by atoms with Crippen LogP contribution in [-0.2, 0) is 27.8 Å². The van der Waals surface area contributed by atoms with E-state index in [2.05, 4.69) is 30.3 Å². The molecule has 0 bridgehead atoms. The average Bonchev–Trinajstić information content (AvgIpc) is 3.24. The Balaban J connectivity index is 0. The normalized spacial score (nSPS) is 12.5. The van der Waals surface area contributed by atoms with Gasteiger partial charge in [0, 0.05) is 25.4 Å². The standard InChI is InChI=1S/C29H49N2O3.Na.H2O/c1-4-6-7-8-9-10-11-12-13-14-15-16-17-18-19-20-29(33)34-24-27(26(5-2)23-32)21-28-22-30-25-31(28)3;;/h12-13,22,25-27H,4-11,14-21,24H2,1-3H3;;1H2/q-1;+1;/p-1/b13-12-;;/t26-,27+;;/m1../s1. The van der Waals surface area contributed by atoms with Gasteiger partial charge in [-0.1, -0.05) is 83.8 Å². The van der Waals surface area contributed by atoms with Crippen molar-refractivity contribution in [2.75, 3.05) is 6.61 Å². The molecule has 2 atom stereocenters. The fraction of sp³-hybridized carbons (Fsp3) is 0.759. The van der Waals surface area contributed by atoms with Crippen LogP contribution in [0.5, 0.6) is 0 Å². The SMILES string of the molecule is CCCCCCCC/C=C\CCCCCCCC(=O)OC[C@H](Cc1cncn1C)[C@@H]([C-]=O)CC.[Na+].[OH-]. The van der Waals surface area contributed by atoms with E-state index >= 15 is 0 Å². The molecule has 0 spiro atoms. The Morgan fingerprint density at radius 3 is 2.11 bits per heavy atom. The molecule has 0 aliphatic carbocycles. The Kier molecular flexibility index (Phi) is 26.5. The van der Waals surface area contributed by atoms with Gasteiger partial charge in [-0.25, -0.2) is 4.98 Å². The van der Waals surface area contributed by atoms with E-state index in [9.17, 15) is 9.59 Å². The Labute approximate surface area is 242 Å². The van der Waals surface area contributed by atoms with Crippen LogP contribution in [0.25, 0.3) is 0 Å². The number of hydrogen-bond acceptors (Lipinski definition) is 5. The first-order valence-electron chi connectivity index (χ1n) is 13.8. The van der Waals surface area contributed by atoms with Gasteiger partial charge >= 0.3 is 35.5 Å². The van der Waals surface area contributed by atoms with Gasteiger partial charge in [0.05, 0.1) is 12.9 Å². The molecule has 36 heavy (non-hydrogen) atoms. The van der Waals surface area contributed by atoms with Gasteiger partial charge in [-0.15, -0.1) is 5.92 Å². The smallest absolute Gasteiger partial charge is 0.870 e. The van der Waals surface area contributed by atoms with E-state index in [1.165, 1.54) is 70.6 Å². The second kappa shape index (κ2) is 25.7. The van der Waals surface area contributed by atoms with Gasteiger partial charge in [-0.2, -0.15) is 0 Å². The van der Waals surface area contributed by atoms with Crippen LogP contribution in [0.15, 0.2) is 24.7 Å². The molecule has 202 valence electrons. The summed E-state index contributed by atoms with van der Waals surface area (Å²) >= 11 is 0. The van der Waals surface area contributed by atoms with Gasteiger partial charge in [-0.3, -0.25) is 11.1 Å². The summed E-state index contributed by atoms with van der Waals surface area (Å²) in [6, 6.07) is 0. The summed E-state index contributed by atoms with van der Waals surface area (Å²) in [5.74, 6) is -0.452. The van der Waals surface area contributed by atoms with Gasteiger partial charge in [0.25, 0.3) is 0 Å². The summed E-state index contributed by atoms with van der Waals surface area (Å²) in [6.07, 6.45) is 28.3. The van der Waals surface area contributed by atoms with Gasteiger partial charge in [0.2, 0.25) is 0 Å². The van der Waals surface area contributed by atoms with E-state index in [-0.39, 0.29) is 59.4 Å². The molecule has 6 nitrogen and oxygen atoms in total. The number of aryl methyl sites for hydroxylation is 1. The molecule has 1 aromatic rings. The van der Waals surface area contributed by atoms with Crippen molar-refractivity contribution in [1.82, 2.24) is 9.55 Å². The molecule has 0 aliphatic rings. The van der Waals surface area contributed by atoms with Crippen molar-refractivity contribution in [3.8, 4) is 0 Å². The van der Waals surface area contributed by atoms with Crippen molar-refractivity contribution in [3.63, 3.8) is 0 Å². The first kappa shape index (κ1) is 37.2. The van der Waals surface area contributed by atoms with Crippen LogP contribution in [0.3, 0.4) is 0 Å². The Bertz CT molecular complexity index is 678. The number of esters is 1. The molecule has 0 saturated carbocycles. The molecule has 1 N–H and O–H groups in total. The van der Waals surface area contributed by atoms with E-state index in [4.69, 9.17) is 4.74 Å². The number of carbonyl (C=O) groups excluding carboxylic acids is 2. The first-order valence-corrected chi connectivity index (χ1v) is 13.8. The minimum atomic E-state index is -0.234. The van der Waals surface area contributed by atoms with Crippen LogP contribution in [0.2, 0.25) is 0 Å². The Morgan fingerprint density at radius 2 is 1.58 bits per heavy atom. The Hall–Kier alpha value is -0.950. The van der Waals surface area contributed by atoms with Gasteiger partial charge in [0.15, 0.2) is 0 Å². The zero-order valence-electron chi connectivity index (χ0n) is 23.6.